The first-order chi connectivity index (χ1) is 11.1. The van der Waals surface area contributed by atoms with Crippen molar-refractivity contribution in [1.82, 2.24) is 20.0 Å². The molecule has 116 valence electrons. The topological polar surface area (TPSA) is 54.3 Å². The number of pyridine rings is 2. The number of thiazole rings is 1. The molecule has 0 fully saturated rings. The van der Waals surface area contributed by atoms with E-state index in [0.29, 0.717) is 5.15 Å². The van der Waals surface area contributed by atoms with E-state index in [2.05, 4.69) is 20.1 Å². The van der Waals surface area contributed by atoms with Crippen LogP contribution in [-0.4, -0.2) is 40.3 Å². The lowest BCUT2D eigenvalue weighted by molar-refractivity contribution is 0.440. The quantitative estimate of drug-likeness (QED) is 0.534. The molecule has 0 amide bonds. The molecule has 3 rings (SSSR count). The van der Waals surface area contributed by atoms with Crippen molar-refractivity contribution in [3.8, 4) is 21.1 Å². The van der Waals surface area contributed by atoms with Gasteiger partial charge in [0.25, 0.3) is 0 Å². The second-order valence-electron chi connectivity index (χ2n) is 4.92. The van der Waals surface area contributed by atoms with Gasteiger partial charge in [-0.05, 0) is 24.3 Å². The van der Waals surface area contributed by atoms with Crippen LogP contribution in [0.5, 0.6) is 0 Å². The molecular formula is C16H14ClN5S. The van der Waals surface area contributed by atoms with E-state index in [4.69, 9.17) is 11.6 Å². The van der Waals surface area contributed by atoms with E-state index in [1.807, 2.05) is 44.4 Å². The lowest BCUT2D eigenvalue weighted by Gasteiger charge is -2.03. The Morgan fingerprint density at radius 2 is 2.04 bits per heavy atom. The zero-order chi connectivity index (χ0) is 16.2. The van der Waals surface area contributed by atoms with Crippen LogP contribution in [0.1, 0.15) is 5.69 Å². The van der Waals surface area contributed by atoms with E-state index in [-0.39, 0.29) is 0 Å². The Morgan fingerprint density at radius 1 is 1.17 bits per heavy atom. The molecule has 3 aromatic rings. The number of nitrogens with zero attached hydrogens (tertiary/aromatic N) is 5. The van der Waals surface area contributed by atoms with Gasteiger partial charge in [-0.25, -0.2) is 9.97 Å². The van der Waals surface area contributed by atoms with Crippen molar-refractivity contribution in [3.05, 3.63) is 53.6 Å². The number of halogens is 1. The van der Waals surface area contributed by atoms with Gasteiger partial charge in [-0.15, -0.1) is 11.3 Å². The third kappa shape index (κ3) is 3.72. The van der Waals surface area contributed by atoms with E-state index < -0.39 is 0 Å². The monoisotopic (exact) mass is 343 g/mol. The summed E-state index contributed by atoms with van der Waals surface area (Å²) in [5, 5.41) is 7.19. The molecule has 0 atom stereocenters. The van der Waals surface area contributed by atoms with E-state index >= 15 is 0 Å². The standard InChI is InChI=1S/C16H14ClN5S/c1-22(2)19-10-12-6-3-7-13(20-12)14-15(17)21-16(23-14)11-5-4-8-18-9-11/h3-10H,1-2H3/b19-10+. The first-order valence-corrected chi connectivity index (χ1v) is 8.08. The van der Waals surface area contributed by atoms with Crippen molar-refractivity contribution < 1.29 is 0 Å². The number of hydrazone groups is 1. The largest absolute Gasteiger partial charge is 0.303 e. The molecule has 0 bridgehead atoms. The summed E-state index contributed by atoms with van der Waals surface area (Å²) in [5.74, 6) is 0. The third-order valence-electron chi connectivity index (χ3n) is 2.92. The molecular weight excluding hydrogens is 330 g/mol. The van der Waals surface area contributed by atoms with Gasteiger partial charge >= 0.3 is 0 Å². The molecule has 0 saturated heterocycles. The van der Waals surface area contributed by atoms with E-state index in [1.165, 1.54) is 11.3 Å². The van der Waals surface area contributed by atoms with E-state index in [9.17, 15) is 0 Å². The average molecular weight is 344 g/mol. The van der Waals surface area contributed by atoms with Gasteiger partial charge in [0.1, 0.15) is 10.2 Å². The van der Waals surface area contributed by atoms with Gasteiger partial charge < -0.3 is 5.01 Å². The highest BCUT2D eigenvalue weighted by molar-refractivity contribution is 7.19. The maximum absolute atomic E-state index is 6.31. The number of hydrogen-bond acceptors (Lipinski definition) is 6. The molecule has 0 unspecified atom stereocenters. The SMILES string of the molecule is CN(C)/N=C/c1cccc(-c2sc(-c3cccnc3)nc2Cl)n1. The summed E-state index contributed by atoms with van der Waals surface area (Å²) in [5.41, 5.74) is 2.49. The van der Waals surface area contributed by atoms with Crippen molar-refractivity contribution >= 4 is 29.2 Å². The Bertz CT molecular complexity index is 829. The first kappa shape index (κ1) is 15.6. The molecule has 5 nitrogen and oxygen atoms in total. The predicted molar refractivity (Wildman–Crippen MR) is 94.9 cm³/mol. The van der Waals surface area contributed by atoms with Crippen molar-refractivity contribution in [1.29, 1.82) is 0 Å². The highest BCUT2D eigenvalue weighted by Crippen LogP contribution is 2.36. The minimum absolute atomic E-state index is 0.447. The Morgan fingerprint density at radius 3 is 2.78 bits per heavy atom. The Balaban J connectivity index is 1.96. The van der Waals surface area contributed by atoms with Crippen LogP contribution in [0.4, 0.5) is 0 Å². The summed E-state index contributed by atoms with van der Waals surface area (Å²) in [6.45, 7) is 0. The van der Waals surface area contributed by atoms with Crippen LogP contribution in [0.25, 0.3) is 21.1 Å². The molecule has 0 aliphatic heterocycles. The molecule has 0 radical (unpaired) electrons. The lowest BCUT2D eigenvalue weighted by atomic mass is 10.3. The fourth-order valence-electron chi connectivity index (χ4n) is 1.90. The van der Waals surface area contributed by atoms with Gasteiger partial charge in [-0.1, -0.05) is 17.7 Å². The third-order valence-corrected chi connectivity index (χ3v) is 4.43. The van der Waals surface area contributed by atoms with Crippen LogP contribution in [0.2, 0.25) is 5.15 Å². The average Bonchev–Trinajstić information content (AvgIpc) is 2.96. The molecule has 0 saturated carbocycles. The second kappa shape index (κ2) is 6.85. The zero-order valence-corrected chi connectivity index (χ0v) is 14.2. The number of hydrogen-bond donors (Lipinski definition) is 0. The van der Waals surface area contributed by atoms with Crippen LogP contribution in [-0.2, 0) is 0 Å². The fraction of sp³-hybridized carbons (Fsp3) is 0.125. The molecule has 7 heteroatoms. The van der Waals surface area contributed by atoms with Crippen LogP contribution >= 0.6 is 22.9 Å². The van der Waals surface area contributed by atoms with Gasteiger partial charge in [-0.2, -0.15) is 5.10 Å². The Kier molecular flexibility index (Phi) is 4.64. The van der Waals surface area contributed by atoms with Gasteiger partial charge in [-0.3, -0.25) is 4.98 Å². The maximum atomic E-state index is 6.31. The highest BCUT2D eigenvalue weighted by atomic mass is 35.5. The smallest absolute Gasteiger partial charge is 0.150 e. The van der Waals surface area contributed by atoms with Crippen molar-refractivity contribution in [2.75, 3.05) is 14.1 Å². The van der Waals surface area contributed by atoms with Crippen molar-refractivity contribution in [2.45, 2.75) is 0 Å². The minimum atomic E-state index is 0.447. The van der Waals surface area contributed by atoms with Crippen LogP contribution in [0.15, 0.2) is 47.8 Å². The Labute approximate surface area is 143 Å². The predicted octanol–water partition coefficient (Wildman–Crippen LogP) is 3.82. The summed E-state index contributed by atoms with van der Waals surface area (Å²) < 4.78 is 0. The normalized spacial score (nSPS) is 11.1. The molecule has 3 aromatic heterocycles. The van der Waals surface area contributed by atoms with Gasteiger partial charge in [0.05, 0.1) is 22.5 Å². The van der Waals surface area contributed by atoms with Gasteiger partial charge in [0.15, 0.2) is 0 Å². The fourth-order valence-corrected chi connectivity index (χ4v) is 3.16. The lowest BCUT2D eigenvalue weighted by Crippen LogP contribution is -2.02. The van der Waals surface area contributed by atoms with Gasteiger partial charge in [0.2, 0.25) is 0 Å². The summed E-state index contributed by atoms with van der Waals surface area (Å²) in [7, 11) is 3.72. The van der Waals surface area contributed by atoms with Crippen LogP contribution in [0, 0.1) is 0 Å². The zero-order valence-electron chi connectivity index (χ0n) is 12.6. The summed E-state index contributed by atoms with van der Waals surface area (Å²) in [6, 6.07) is 9.58. The molecule has 23 heavy (non-hydrogen) atoms. The minimum Gasteiger partial charge on any atom is -0.303 e. The molecule has 3 heterocycles. The molecule has 0 N–H and O–H groups in total. The summed E-state index contributed by atoms with van der Waals surface area (Å²) >= 11 is 7.80. The van der Waals surface area contributed by atoms with Gasteiger partial charge in [0, 0.05) is 32.1 Å². The van der Waals surface area contributed by atoms with Crippen molar-refractivity contribution in [3.63, 3.8) is 0 Å². The molecule has 0 spiro atoms. The maximum Gasteiger partial charge on any atom is 0.150 e. The second-order valence-corrected chi connectivity index (χ2v) is 6.28. The summed E-state index contributed by atoms with van der Waals surface area (Å²) in [6.07, 6.45) is 5.21. The van der Waals surface area contributed by atoms with Crippen LogP contribution < -0.4 is 0 Å². The molecule has 0 aliphatic carbocycles. The van der Waals surface area contributed by atoms with E-state index in [1.54, 1.807) is 23.6 Å². The Hall–Kier alpha value is -2.31. The highest BCUT2D eigenvalue weighted by Gasteiger charge is 2.14. The van der Waals surface area contributed by atoms with Crippen molar-refractivity contribution in [2.24, 2.45) is 5.10 Å². The number of rotatable bonds is 4. The van der Waals surface area contributed by atoms with E-state index in [0.717, 1.165) is 26.8 Å². The number of aromatic nitrogens is 3. The molecule has 0 aromatic carbocycles. The van der Waals surface area contributed by atoms with Crippen LogP contribution in [0.3, 0.4) is 0 Å². The first-order valence-electron chi connectivity index (χ1n) is 6.89. The molecule has 0 aliphatic rings. The summed E-state index contributed by atoms with van der Waals surface area (Å²) in [4.78, 5) is 14.0.